The zero-order valence-electron chi connectivity index (χ0n) is 13.0. The molecule has 2 aromatic rings. The van der Waals surface area contributed by atoms with Gasteiger partial charge in [-0.15, -0.1) is 0 Å². The Morgan fingerprint density at radius 2 is 1.58 bits per heavy atom. The monoisotopic (exact) mass is 344 g/mol. The molecule has 2 aromatic carbocycles. The first-order valence-electron chi connectivity index (χ1n) is 7.71. The summed E-state index contributed by atoms with van der Waals surface area (Å²) in [7, 11) is 0. The number of amides is 2. The highest BCUT2D eigenvalue weighted by atomic mass is 35.5. The predicted molar refractivity (Wildman–Crippen MR) is 90.7 cm³/mol. The van der Waals surface area contributed by atoms with E-state index in [1.807, 2.05) is 24.3 Å². The van der Waals surface area contributed by atoms with Crippen molar-refractivity contribution in [3.05, 3.63) is 70.2 Å². The highest BCUT2D eigenvalue weighted by Gasteiger charge is 2.34. The van der Waals surface area contributed by atoms with E-state index in [1.54, 1.807) is 24.3 Å². The van der Waals surface area contributed by atoms with E-state index in [2.05, 4.69) is 5.48 Å². The topological polar surface area (TPSA) is 58.6 Å². The number of hydrogen-bond acceptors (Lipinski definition) is 4. The largest absolute Gasteiger partial charge is 0.297 e. The van der Waals surface area contributed by atoms with Crippen molar-refractivity contribution in [1.82, 2.24) is 10.4 Å². The zero-order valence-corrected chi connectivity index (χ0v) is 13.8. The first-order valence-corrected chi connectivity index (χ1v) is 8.09. The molecule has 5 nitrogen and oxygen atoms in total. The number of carbonyl (C=O) groups is 2. The summed E-state index contributed by atoms with van der Waals surface area (Å²) in [4.78, 5) is 31.0. The van der Waals surface area contributed by atoms with E-state index < -0.39 is 0 Å². The highest BCUT2D eigenvalue weighted by Crippen LogP contribution is 2.22. The molecule has 1 heterocycles. The van der Waals surface area contributed by atoms with Gasteiger partial charge in [0.25, 0.3) is 11.8 Å². The van der Waals surface area contributed by atoms with Gasteiger partial charge in [0.15, 0.2) is 0 Å². The van der Waals surface area contributed by atoms with Crippen LogP contribution < -0.4 is 5.48 Å². The molecule has 0 fully saturated rings. The number of imide groups is 1. The standard InChI is InChI=1S/C18H17ClN2O3/c19-14-8-6-13(7-9-14)12-24-20-10-3-11-21-17(22)15-4-1-2-5-16(15)18(21)23/h1-2,4-9,20H,3,10-12H2. The molecule has 0 aliphatic carbocycles. The second kappa shape index (κ2) is 7.57. The summed E-state index contributed by atoms with van der Waals surface area (Å²) in [5, 5.41) is 0.688. The first-order chi connectivity index (χ1) is 11.7. The lowest BCUT2D eigenvalue weighted by atomic mass is 10.1. The smallest absolute Gasteiger partial charge is 0.261 e. The number of halogens is 1. The number of benzene rings is 2. The van der Waals surface area contributed by atoms with Crippen LogP contribution in [0.4, 0.5) is 0 Å². The Bertz CT molecular complexity index is 711. The molecule has 0 unspecified atom stereocenters. The number of hydrogen-bond donors (Lipinski definition) is 1. The molecule has 2 amide bonds. The normalized spacial score (nSPS) is 13.5. The van der Waals surface area contributed by atoms with Crippen molar-refractivity contribution in [3.8, 4) is 0 Å². The molecule has 0 bridgehead atoms. The Kier molecular flexibility index (Phi) is 5.25. The van der Waals surface area contributed by atoms with E-state index in [1.165, 1.54) is 4.90 Å². The second-order valence-electron chi connectivity index (χ2n) is 5.47. The zero-order chi connectivity index (χ0) is 16.9. The number of nitrogens with zero attached hydrogens (tertiary/aromatic N) is 1. The van der Waals surface area contributed by atoms with E-state index in [9.17, 15) is 9.59 Å². The molecule has 6 heteroatoms. The maximum absolute atomic E-state index is 12.2. The molecule has 0 radical (unpaired) electrons. The van der Waals surface area contributed by atoms with Crippen molar-refractivity contribution in [2.75, 3.05) is 13.1 Å². The minimum Gasteiger partial charge on any atom is -0.297 e. The molecule has 0 saturated carbocycles. The van der Waals surface area contributed by atoms with Gasteiger partial charge in [-0.1, -0.05) is 35.9 Å². The maximum atomic E-state index is 12.2. The van der Waals surface area contributed by atoms with Crippen LogP contribution in [-0.2, 0) is 11.4 Å². The molecule has 0 atom stereocenters. The van der Waals surface area contributed by atoms with Gasteiger partial charge in [-0.25, -0.2) is 5.48 Å². The van der Waals surface area contributed by atoms with Gasteiger partial charge in [-0.3, -0.25) is 19.3 Å². The van der Waals surface area contributed by atoms with Gasteiger partial charge in [-0.05, 0) is 36.2 Å². The summed E-state index contributed by atoms with van der Waals surface area (Å²) >= 11 is 5.82. The second-order valence-corrected chi connectivity index (χ2v) is 5.91. The Morgan fingerprint density at radius 1 is 0.958 bits per heavy atom. The highest BCUT2D eigenvalue weighted by molar-refractivity contribution is 6.30. The Balaban J connectivity index is 1.39. The van der Waals surface area contributed by atoms with E-state index >= 15 is 0 Å². The van der Waals surface area contributed by atoms with Gasteiger partial charge < -0.3 is 0 Å². The van der Waals surface area contributed by atoms with Gasteiger partial charge in [0.2, 0.25) is 0 Å². The average molecular weight is 345 g/mol. The fraction of sp³-hybridized carbons (Fsp3) is 0.222. The fourth-order valence-electron chi connectivity index (χ4n) is 2.54. The van der Waals surface area contributed by atoms with Gasteiger partial charge in [0, 0.05) is 18.1 Å². The molecule has 0 spiro atoms. The molecule has 1 aliphatic rings. The molecular formula is C18H17ClN2O3. The Morgan fingerprint density at radius 3 is 2.21 bits per heavy atom. The summed E-state index contributed by atoms with van der Waals surface area (Å²) in [5.41, 5.74) is 4.81. The van der Waals surface area contributed by atoms with Crippen LogP contribution in [0.2, 0.25) is 5.02 Å². The number of rotatable bonds is 7. The van der Waals surface area contributed by atoms with Gasteiger partial charge in [0.1, 0.15) is 0 Å². The van der Waals surface area contributed by atoms with Crippen LogP contribution in [0.15, 0.2) is 48.5 Å². The Labute approximate surface area is 145 Å². The third-order valence-electron chi connectivity index (χ3n) is 3.79. The number of fused-ring (bicyclic) bond motifs is 1. The fourth-order valence-corrected chi connectivity index (χ4v) is 2.66. The van der Waals surface area contributed by atoms with E-state index in [4.69, 9.17) is 16.4 Å². The number of carbonyl (C=O) groups excluding carboxylic acids is 2. The van der Waals surface area contributed by atoms with E-state index in [0.29, 0.717) is 42.3 Å². The van der Waals surface area contributed by atoms with Crippen molar-refractivity contribution in [2.24, 2.45) is 0 Å². The molecule has 124 valence electrons. The lowest BCUT2D eigenvalue weighted by molar-refractivity contribution is 0.0259. The predicted octanol–water partition coefficient (Wildman–Crippen LogP) is 3.05. The van der Waals surface area contributed by atoms with E-state index in [0.717, 1.165) is 5.56 Å². The van der Waals surface area contributed by atoms with Gasteiger partial charge in [-0.2, -0.15) is 0 Å². The first kappa shape index (κ1) is 16.6. The number of hydroxylamine groups is 1. The van der Waals surface area contributed by atoms with Crippen LogP contribution in [0.3, 0.4) is 0 Å². The van der Waals surface area contributed by atoms with Crippen molar-refractivity contribution in [1.29, 1.82) is 0 Å². The third-order valence-corrected chi connectivity index (χ3v) is 4.04. The van der Waals surface area contributed by atoms with Crippen molar-refractivity contribution in [2.45, 2.75) is 13.0 Å². The summed E-state index contributed by atoms with van der Waals surface area (Å²) in [5.74, 6) is -0.449. The van der Waals surface area contributed by atoms with Crippen molar-refractivity contribution >= 4 is 23.4 Å². The lowest BCUT2D eigenvalue weighted by Crippen LogP contribution is -2.32. The summed E-state index contributed by atoms with van der Waals surface area (Å²) < 4.78 is 0. The average Bonchev–Trinajstić information content (AvgIpc) is 2.84. The van der Waals surface area contributed by atoms with Crippen molar-refractivity contribution < 1.29 is 14.4 Å². The maximum Gasteiger partial charge on any atom is 0.261 e. The molecular weight excluding hydrogens is 328 g/mol. The van der Waals surface area contributed by atoms with E-state index in [-0.39, 0.29) is 11.8 Å². The van der Waals surface area contributed by atoms with Gasteiger partial charge >= 0.3 is 0 Å². The summed E-state index contributed by atoms with van der Waals surface area (Å²) in [6.45, 7) is 1.33. The van der Waals surface area contributed by atoms with Crippen LogP contribution in [0, 0.1) is 0 Å². The molecule has 3 rings (SSSR count). The minimum atomic E-state index is -0.224. The van der Waals surface area contributed by atoms with Crippen LogP contribution in [0.1, 0.15) is 32.7 Å². The molecule has 0 aromatic heterocycles. The molecule has 0 saturated heterocycles. The number of nitrogens with one attached hydrogen (secondary N) is 1. The van der Waals surface area contributed by atoms with Crippen LogP contribution in [0.25, 0.3) is 0 Å². The van der Waals surface area contributed by atoms with Gasteiger partial charge in [0.05, 0.1) is 17.7 Å². The van der Waals surface area contributed by atoms with Crippen molar-refractivity contribution in [3.63, 3.8) is 0 Å². The van der Waals surface area contributed by atoms with Crippen LogP contribution >= 0.6 is 11.6 Å². The molecule has 1 N–H and O–H groups in total. The summed E-state index contributed by atoms with van der Waals surface area (Å²) in [6.07, 6.45) is 0.617. The SMILES string of the molecule is O=C1c2ccccc2C(=O)N1CCCNOCc1ccc(Cl)cc1. The Hall–Kier alpha value is -2.21. The van der Waals surface area contributed by atoms with Crippen LogP contribution in [-0.4, -0.2) is 29.8 Å². The molecule has 24 heavy (non-hydrogen) atoms. The summed E-state index contributed by atoms with van der Waals surface area (Å²) in [6, 6.07) is 14.3. The lowest BCUT2D eigenvalue weighted by Gasteiger charge is -2.13. The third kappa shape index (κ3) is 3.64. The molecule has 1 aliphatic heterocycles. The minimum absolute atomic E-state index is 0.224. The van der Waals surface area contributed by atoms with Crippen LogP contribution in [0.5, 0.6) is 0 Å². The quantitative estimate of drug-likeness (QED) is 0.476.